The van der Waals surface area contributed by atoms with E-state index in [1.54, 1.807) is 0 Å². The molecule has 0 saturated heterocycles. The molecule has 0 amide bonds. The van der Waals surface area contributed by atoms with Crippen molar-refractivity contribution in [1.82, 2.24) is 0 Å². The summed E-state index contributed by atoms with van der Waals surface area (Å²) < 4.78 is 0. The number of nitrogens with zero attached hydrogens (tertiary/aromatic N) is 2. The molecule has 0 radical (unpaired) electrons. The Hall–Kier alpha value is 0.511. The average molecular weight is 362 g/mol. The fraction of sp³-hybridized carbons (Fsp3) is 0.833. The first-order valence-electron chi connectivity index (χ1n) is 6.20. The van der Waals surface area contributed by atoms with Gasteiger partial charge >= 0.3 is 48.9 Å². The van der Waals surface area contributed by atoms with Gasteiger partial charge in [-0.2, -0.15) is 0 Å². The molecule has 0 fully saturated rings. The Kier molecular flexibility index (Phi) is 11.9. The molecule has 0 aromatic heterocycles. The van der Waals surface area contributed by atoms with E-state index in [0.717, 1.165) is 38.8 Å². The second-order valence-corrected chi connectivity index (χ2v) is 4.17. The molecule has 2 heterocycles. The van der Waals surface area contributed by atoms with Gasteiger partial charge in [-0.3, -0.25) is 0 Å². The van der Waals surface area contributed by atoms with Gasteiger partial charge in [0.1, 0.15) is 0 Å². The van der Waals surface area contributed by atoms with Crippen molar-refractivity contribution in [1.29, 1.82) is 0 Å². The van der Waals surface area contributed by atoms with Gasteiger partial charge in [0.25, 0.3) is 0 Å². The van der Waals surface area contributed by atoms with Crippen LogP contribution in [0.25, 0.3) is 0 Å². The van der Waals surface area contributed by atoms with Crippen LogP contribution in [-0.4, -0.2) is 73.8 Å². The molecule has 0 saturated carbocycles. The molecular weight excluding hydrogens is 341 g/mol. The van der Waals surface area contributed by atoms with Gasteiger partial charge in [-0.25, -0.2) is 0 Å². The standard InChI is InChI=1S/2C6H11NO.Ba/c2*8-6-4-2-1-3-5-7-6;/h2*1-5H2,(H,7,8);/q;;+2/p-2. The smallest absolute Gasteiger partial charge is 0.862 e. The summed E-state index contributed by atoms with van der Waals surface area (Å²) in [6, 6.07) is 0. The second kappa shape index (κ2) is 11.6. The molecule has 0 bridgehead atoms. The van der Waals surface area contributed by atoms with E-state index in [2.05, 4.69) is 9.98 Å². The van der Waals surface area contributed by atoms with Crippen LogP contribution in [0.5, 0.6) is 0 Å². The Bertz CT molecular complexity index is 229. The summed E-state index contributed by atoms with van der Waals surface area (Å²) in [4.78, 5) is 7.57. The van der Waals surface area contributed by atoms with Gasteiger partial charge in [-0.1, -0.05) is 12.8 Å². The Morgan fingerprint density at radius 2 is 1.06 bits per heavy atom. The minimum Gasteiger partial charge on any atom is -0.862 e. The van der Waals surface area contributed by atoms with Crippen LogP contribution in [0.15, 0.2) is 9.98 Å². The fourth-order valence-electron chi connectivity index (χ4n) is 1.70. The zero-order valence-corrected chi connectivity index (χ0v) is 14.9. The maximum atomic E-state index is 10.5. The SMILES string of the molecule is [Ba+2].[O-]C1=NCCCCC1.[O-]C1=NCCCCC1. The number of hydrogen-bond acceptors (Lipinski definition) is 4. The molecule has 0 aromatic rings. The van der Waals surface area contributed by atoms with Gasteiger partial charge < -0.3 is 20.2 Å². The van der Waals surface area contributed by atoms with Crippen molar-refractivity contribution >= 4 is 60.7 Å². The van der Waals surface area contributed by atoms with Crippen molar-refractivity contribution in [3.8, 4) is 0 Å². The number of hydrogen-bond donors (Lipinski definition) is 0. The maximum Gasteiger partial charge on any atom is 2.00 e. The van der Waals surface area contributed by atoms with E-state index >= 15 is 0 Å². The summed E-state index contributed by atoms with van der Waals surface area (Å²) in [6.45, 7) is 1.53. The van der Waals surface area contributed by atoms with Crippen LogP contribution in [0.1, 0.15) is 51.4 Å². The maximum absolute atomic E-state index is 10.5. The van der Waals surface area contributed by atoms with Crippen molar-refractivity contribution in [2.45, 2.75) is 51.4 Å². The molecule has 0 unspecified atom stereocenters. The Morgan fingerprint density at radius 3 is 1.47 bits per heavy atom. The van der Waals surface area contributed by atoms with Gasteiger partial charge in [0.05, 0.1) is 0 Å². The van der Waals surface area contributed by atoms with E-state index in [9.17, 15) is 10.2 Å². The molecule has 4 nitrogen and oxygen atoms in total. The van der Waals surface area contributed by atoms with Crippen molar-refractivity contribution < 1.29 is 10.2 Å². The van der Waals surface area contributed by atoms with Crippen LogP contribution in [0.2, 0.25) is 0 Å². The van der Waals surface area contributed by atoms with Gasteiger partial charge in [-0.05, 0) is 50.3 Å². The van der Waals surface area contributed by atoms with Crippen LogP contribution >= 0.6 is 0 Å². The largest absolute Gasteiger partial charge is 2.00 e. The van der Waals surface area contributed by atoms with Crippen molar-refractivity contribution in [3.05, 3.63) is 0 Å². The first kappa shape index (κ1) is 17.5. The first-order valence-corrected chi connectivity index (χ1v) is 6.20. The van der Waals surface area contributed by atoms with Crippen LogP contribution in [0.3, 0.4) is 0 Å². The molecule has 0 aliphatic carbocycles. The van der Waals surface area contributed by atoms with Gasteiger partial charge in [0.2, 0.25) is 0 Å². The molecule has 0 atom stereocenters. The number of aliphatic imine (C=N–C) groups is 2. The van der Waals surface area contributed by atoms with Crippen LogP contribution in [0.4, 0.5) is 0 Å². The summed E-state index contributed by atoms with van der Waals surface area (Å²) in [5, 5.41) is 21.0. The summed E-state index contributed by atoms with van der Waals surface area (Å²) in [5.41, 5.74) is 0. The molecule has 2 rings (SSSR count). The van der Waals surface area contributed by atoms with E-state index in [-0.39, 0.29) is 60.7 Å². The predicted molar refractivity (Wildman–Crippen MR) is 67.3 cm³/mol. The zero-order valence-electron chi connectivity index (χ0n) is 10.5. The molecule has 0 aromatic carbocycles. The Morgan fingerprint density at radius 1 is 0.647 bits per heavy atom. The zero-order chi connectivity index (χ0) is 11.6. The van der Waals surface area contributed by atoms with Crippen LogP contribution in [0, 0.1) is 0 Å². The summed E-state index contributed by atoms with van der Waals surface area (Å²) in [5.74, 6) is 0.199. The molecular formula is C12H20BaN2O2. The summed E-state index contributed by atoms with van der Waals surface area (Å²) >= 11 is 0. The van der Waals surface area contributed by atoms with E-state index in [0.29, 0.717) is 12.8 Å². The van der Waals surface area contributed by atoms with Crippen molar-refractivity contribution in [2.75, 3.05) is 13.1 Å². The van der Waals surface area contributed by atoms with Crippen LogP contribution < -0.4 is 10.2 Å². The number of rotatable bonds is 0. The third kappa shape index (κ3) is 10.1. The molecule has 0 spiro atoms. The van der Waals surface area contributed by atoms with Gasteiger partial charge in [0, 0.05) is 13.1 Å². The Balaban J connectivity index is 0.000000284. The fourth-order valence-corrected chi connectivity index (χ4v) is 1.70. The molecule has 2 aliphatic rings. The quantitative estimate of drug-likeness (QED) is 0.581. The van der Waals surface area contributed by atoms with E-state index in [1.807, 2.05) is 0 Å². The molecule has 17 heavy (non-hydrogen) atoms. The predicted octanol–water partition coefficient (Wildman–Crippen LogP) is 0.258. The van der Waals surface area contributed by atoms with E-state index in [4.69, 9.17) is 0 Å². The molecule has 5 heteroatoms. The summed E-state index contributed by atoms with van der Waals surface area (Å²) in [7, 11) is 0. The minimum absolute atomic E-state index is 0. The van der Waals surface area contributed by atoms with E-state index < -0.39 is 0 Å². The van der Waals surface area contributed by atoms with Crippen LogP contribution in [-0.2, 0) is 0 Å². The Labute approximate surface area is 144 Å². The molecule has 2 aliphatic heterocycles. The first-order chi connectivity index (χ1) is 7.79. The average Bonchev–Trinajstić information content (AvgIpc) is 2.64. The third-order valence-electron chi connectivity index (χ3n) is 2.67. The molecule has 0 N–H and O–H groups in total. The van der Waals surface area contributed by atoms with Gasteiger partial charge in [0.15, 0.2) is 0 Å². The van der Waals surface area contributed by atoms with Crippen molar-refractivity contribution in [3.63, 3.8) is 0 Å². The third-order valence-corrected chi connectivity index (χ3v) is 2.67. The second-order valence-electron chi connectivity index (χ2n) is 4.17. The molecule has 92 valence electrons. The normalized spacial score (nSPS) is 20.5. The van der Waals surface area contributed by atoms with E-state index in [1.165, 1.54) is 12.8 Å². The minimum atomic E-state index is 0. The van der Waals surface area contributed by atoms with Crippen molar-refractivity contribution in [2.24, 2.45) is 9.98 Å². The monoisotopic (exact) mass is 362 g/mol. The topological polar surface area (TPSA) is 70.8 Å². The van der Waals surface area contributed by atoms with Gasteiger partial charge in [-0.15, -0.1) is 0 Å². The summed E-state index contributed by atoms with van der Waals surface area (Å²) in [6.07, 6.45) is 8.01.